The van der Waals surface area contributed by atoms with Gasteiger partial charge < -0.3 is 10.6 Å². The molecule has 20 heavy (non-hydrogen) atoms. The number of carbonyl (C=O) groups is 1. The minimum absolute atomic E-state index is 0.0754. The highest BCUT2D eigenvalue weighted by atomic mass is 16.1. The molecule has 2 N–H and O–H groups in total. The molecular formula is C16H21N3O. The average molecular weight is 271 g/mol. The minimum atomic E-state index is 0.0754. The van der Waals surface area contributed by atoms with Gasteiger partial charge in [-0.15, -0.1) is 0 Å². The van der Waals surface area contributed by atoms with Gasteiger partial charge in [-0.25, -0.2) is 4.98 Å². The van der Waals surface area contributed by atoms with Crippen molar-refractivity contribution in [2.24, 2.45) is 5.92 Å². The number of rotatable bonds is 6. The van der Waals surface area contributed by atoms with Gasteiger partial charge in [0, 0.05) is 31.1 Å². The van der Waals surface area contributed by atoms with E-state index in [2.05, 4.69) is 35.5 Å². The molecule has 4 heteroatoms. The van der Waals surface area contributed by atoms with Crippen LogP contribution in [0.3, 0.4) is 0 Å². The van der Waals surface area contributed by atoms with Gasteiger partial charge >= 0.3 is 0 Å². The molecule has 4 nitrogen and oxygen atoms in total. The molecule has 0 spiro atoms. The van der Waals surface area contributed by atoms with Crippen molar-refractivity contribution in [3.8, 4) is 0 Å². The normalized spacial score (nSPS) is 10.8. The quantitative estimate of drug-likeness (QED) is 0.849. The molecule has 0 aliphatic rings. The van der Waals surface area contributed by atoms with E-state index in [0.717, 1.165) is 23.1 Å². The average Bonchev–Trinajstić information content (AvgIpc) is 2.45. The molecule has 0 aliphatic heterocycles. The molecule has 106 valence electrons. The maximum Gasteiger partial charge on any atom is 0.221 e. The number of carbonyl (C=O) groups excluding carboxylic acids is 1. The summed E-state index contributed by atoms with van der Waals surface area (Å²) in [5.74, 6) is 1.39. The van der Waals surface area contributed by atoms with E-state index in [0.29, 0.717) is 18.9 Å². The Morgan fingerprint density at radius 1 is 1.25 bits per heavy atom. The summed E-state index contributed by atoms with van der Waals surface area (Å²) >= 11 is 0. The summed E-state index contributed by atoms with van der Waals surface area (Å²) in [7, 11) is 0. The van der Waals surface area contributed by atoms with Crippen LogP contribution in [-0.4, -0.2) is 24.0 Å². The topological polar surface area (TPSA) is 54.0 Å². The van der Waals surface area contributed by atoms with Gasteiger partial charge in [0.25, 0.3) is 0 Å². The van der Waals surface area contributed by atoms with Crippen LogP contribution < -0.4 is 10.6 Å². The van der Waals surface area contributed by atoms with Crippen LogP contribution in [0.5, 0.6) is 0 Å². The third kappa shape index (κ3) is 3.95. The van der Waals surface area contributed by atoms with E-state index in [9.17, 15) is 4.79 Å². The maximum atomic E-state index is 11.6. The van der Waals surface area contributed by atoms with E-state index in [1.54, 1.807) is 6.20 Å². The molecular weight excluding hydrogens is 250 g/mol. The highest BCUT2D eigenvalue weighted by Crippen LogP contribution is 2.19. The van der Waals surface area contributed by atoms with Crippen LogP contribution in [-0.2, 0) is 4.79 Å². The molecule has 2 aromatic rings. The summed E-state index contributed by atoms with van der Waals surface area (Å²) in [5, 5.41) is 8.37. The lowest BCUT2D eigenvalue weighted by Crippen LogP contribution is -2.28. The predicted octanol–water partition coefficient (Wildman–Crippen LogP) is 2.81. The first-order valence-electron chi connectivity index (χ1n) is 7.01. The van der Waals surface area contributed by atoms with E-state index in [1.165, 1.54) is 0 Å². The lowest BCUT2D eigenvalue weighted by atomic mass is 10.1. The largest absolute Gasteiger partial charge is 0.369 e. The monoisotopic (exact) mass is 271 g/mol. The summed E-state index contributed by atoms with van der Waals surface area (Å²) in [5.41, 5.74) is 0. The Morgan fingerprint density at radius 3 is 2.85 bits per heavy atom. The van der Waals surface area contributed by atoms with Gasteiger partial charge in [0.05, 0.1) is 0 Å². The highest BCUT2D eigenvalue weighted by molar-refractivity contribution is 5.91. The molecule has 1 heterocycles. The van der Waals surface area contributed by atoms with Crippen LogP contribution in [0.15, 0.2) is 36.5 Å². The summed E-state index contributed by atoms with van der Waals surface area (Å²) < 4.78 is 0. The van der Waals surface area contributed by atoms with Crippen molar-refractivity contribution in [3.05, 3.63) is 36.5 Å². The first-order valence-corrected chi connectivity index (χ1v) is 7.01. The van der Waals surface area contributed by atoms with Crippen molar-refractivity contribution in [2.45, 2.75) is 20.3 Å². The minimum Gasteiger partial charge on any atom is -0.369 e. The first kappa shape index (κ1) is 14.3. The lowest BCUT2D eigenvalue weighted by molar-refractivity contribution is -0.120. The molecule has 1 aromatic heterocycles. The number of nitrogens with zero attached hydrogens (tertiary/aromatic N) is 1. The molecule has 0 aliphatic carbocycles. The zero-order valence-electron chi connectivity index (χ0n) is 12.0. The van der Waals surface area contributed by atoms with Crippen LogP contribution in [0.1, 0.15) is 20.3 Å². The molecule has 0 radical (unpaired) electrons. The van der Waals surface area contributed by atoms with Gasteiger partial charge in [0.1, 0.15) is 5.82 Å². The third-order valence-corrected chi connectivity index (χ3v) is 3.03. The first-order chi connectivity index (χ1) is 9.66. The van der Waals surface area contributed by atoms with Crippen molar-refractivity contribution in [1.29, 1.82) is 0 Å². The Balaban J connectivity index is 1.88. The van der Waals surface area contributed by atoms with Crippen molar-refractivity contribution < 1.29 is 4.79 Å². The van der Waals surface area contributed by atoms with Crippen molar-refractivity contribution in [3.63, 3.8) is 0 Å². The second-order valence-corrected chi connectivity index (χ2v) is 5.26. The van der Waals surface area contributed by atoms with Crippen LogP contribution >= 0.6 is 0 Å². The lowest BCUT2D eigenvalue weighted by Gasteiger charge is -2.10. The number of benzene rings is 1. The predicted molar refractivity (Wildman–Crippen MR) is 82.7 cm³/mol. The molecule has 0 fully saturated rings. The molecule has 2 rings (SSSR count). The Bertz CT molecular complexity index is 575. The standard InChI is InChI=1S/C16H21N3O/c1-12(2)11-19-15(20)8-10-18-16-14-6-4-3-5-13(14)7-9-17-16/h3-7,9,12H,8,10-11H2,1-2H3,(H,17,18)(H,19,20). The van der Waals surface area contributed by atoms with Gasteiger partial charge in [0.2, 0.25) is 5.91 Å². The highest BCUT2D eigenvalue weighted by Gasteiger charge is 2.04. The van der Waals surface area contributed by atoms with Crippen molar-refractivity contribution >= 4 is 22.5 Å². The maximum absolute atomic E-state index is 11.6. The second-order valence-electron chi connectivity index (χ2n) is 5.26. The Morgan fingerprint density at radius 2 is 2.05 bits per heavy atom. The fraction of sp³-hybridized carbons (Fsp3) is 0.375. The van der Waals surface area contributed by atoms with Gasteiger partial charge in [0.15, 0.2) is 0 Å². The van der Waals surface area contributed by atoms with Crippen molar-refractivity contribution in [1.82, 2.24) is 10.3 Å². The van der Waals surface area contributed by atoms with Crippen LogP contribution in [0.25, 0.3) is 10.8 Å². The fourth-order valence-electron chi connectivity index (χ4n) is 1.96. The summed E-state index contributed by atoms with van der Waals surface area (Å²) in [6.45, 7) is 5.48. The van der Waals surface area contributed by atoms with Gasteiger partial charge in [-0.05, 0) is 17.4 Å². The summed E-state index contributed by atoms with van der Waals surface area (Å²) in [6.07, 6.45) is 2.24. The molecule has 0 unspecified atom stereocenters. The van der Waals surface area contributed by atoms with E-state index in [-0.39, 0.29) is 5.91 Å². The molecule has 1 aromatic carbocycles. The molecule has 1 amide bonds. The second kappa shape index (κ2) is 6.89. The van der Waals surface area contributed by atoms with Crippen LogP contribution in [0.2, 0.25) is 0 Å². The summed E-state index contributed by atoms with van der Waals surface area (Å²) in [6, 6.07) is 10.1. The van der Waals surface area contributed by atoms with Gasteiger partial charge in [-0.2, -0.15) is 0 Å². The number of hydrogen-bond donors (Lipinski definition) is 2. The van der Waals surface area contributed by atoms with E-state index >= 15 is 0 Å². The molecule has 0 saturated carbocycles. The fourth-order valence-corrected chi connectivity index (χ4v) is 1.96. The number of aromatic nitrogens is 1. The van der Waals surface area contributed by atoms with Crippen LogP contribution in [0.4, 0.5) is 5.82 Å². The number of anilines is 1. The Kier molecular flexibility index (Phi) is 4.93. The van der Waals surface area contributed by atoms with E-state index in [4.69, 9.17) is 0 Å². The van der Waals surface area contributed by atoms with Gasteiger partial charge in [-0.3, -0.25) is 4.79 Å². The van der Waals surface area contributed by atoms with Gasteiger partial charge in [-0.1, -0.05) is 38.1 Å². The Labute approximate surface area is 119 Å². The molecule has 0 atom stereocenters. The number of nitrogens with one attached hydrogen (secondary N) is 2. The zero-order valence-corrected chi connectivity index (χ0v) is 12.0. The van der Waals surface area contributed by atoms with Crippen LogP contribution in [0, 0.1) is 5.92 Å². The van der Waals surface area contributed by atoms with E-state index < -0.39 is 0 Å². The smallest absolute Gasteiger partial charge is 0.221 e. The summed E-state index contributed by atoms with van der Waals surface area (Å²) in [4.78, 5) is 16.0. The number of amides is 1. The number of hydrogen-bond acceptors (Lipinski definition) is 3. The SMILES string of the molecule is CC(C)CNC(=O)CCNc1nccc2ccccc12. The zero-order chi connectivity index (χ0) is 14.4. The molecule has 0 saturated heterocycles. The van der Waals surface area contributed by atoms with Crippen molar-refractivity contribution in [2.75, 3.05) is 18.4 Å². The molecule has 0 bridgehead atoms. The number of fused-ring (bicyclic) bond motifs is 1. The Hall–Kier alpha value is -2.10. The van der Waals surface area contributed by atoms with E-state index in [1.807, 2.05) is 24.3 Å². The third-order valence-electron chi connectivity index (χ3n) is 3.03. The number of pyridine rings is 1.